The third kappa shape index (κ3) is 3.61. The summed E-state index contributed by atoms with van der Waals surface area (Å²) in [5.41, 5.74) is 4.30. The Hall–Kier alpha value is -4.45. The van der Waals surface area contributed by atoms with Crippen LogP contribution in [0.15, 0.2) is 91.0 Å². The molecule has 1 amide bonds. The maximum absolute atomic E-state index is 13.4. The highest BCUT2D eigenvalue weighted by Crippen LogP contribution is 2.23. The van der Waals surface area contributed by atoms with Crippen LogP contribution < -0.4 is 5.32 Å². The molecule has 0 aliphatic heterocycles. The van der Waals surface area contributed by atoms with Crippen molar-refractivity contribution in [3.05, 3.63) is 108 Å². The predicted molar refractivity (Wildman–Crippen MR) is 130 cm³/mol. The number of H-pyrrole nitrogens is 2. The number of rotatable bonds is 5. The fourth-order valence-electron chi connectivity index (χ4n) is 4.31. The third-order valence-corrected chi connectivity index (χ3v) is 5.91. The largest absolute Gasteiger partial charge is 0.342 e. The quantitative estimate of drug-likeness (QED) is 0.346. The van der Waals surface area contributed by atoms with E-state index in [2.05, 4.69) is 15.3 Å². The minimum atomic E-state index is -0.385. The summed E-state index contributed by atoms with van der Waals surface area (Å²) in [5.74, 6) is 1.35. The predicted octanol–water partition coefficient (Wildman–Crippen LogP) is 5.31. The fourth-order valence-corrected chi connectivity index (χ4v) is 4.31. The van der Waals surface area contributed by atoms with Crippen LogP contribution in [0.2, 0.25) is 0 Å². The van der Waals surface area contributed by atoms with Crippen LogP contribution in [0.5, 0.6) is 0 Å². The molecule has 0 spiro atoms. The molecular weight excluding hydrogens is 410 g/mol. The zero-order chi connectivity index (χ0) is 22.2. The first kappa shape index (κ1) is 19.3. The van der Waals surface area contributed by atoms with Crippen molar-refractivity contribution in [2.24, 2.45) is 0 Å². The molecule has 3 N–H and O–H groups in total. The molecule has 0 saturated heterocycles. The second-order valence-electron chi connectivity index (χ2n) is 8.10. The molecule has 2 heterocycles. The Morgan fingerprint density at radius 3 is 2.21 bits per heavy atom. The molecular formula is C27H21N5O. The summed E-state index contributed by atoms with van der Waals surface area (Å²) >= 11 is 0. The normalized spacial score (nSPS) is 12.4. The lowest BCUT2D eigenvalue weighted by Gasteiger charge is -2.16. The number of benzene rings is 4. The minimum Gasteiger partial charge on any atom is -0.342 e. The third-order valence-electron chi connectivity index (χ3n) is 5.91. The first-order valence-corrected chi connectivity index (χ1v) is 10.9. The molecule has 0 aliphatic carbocycles. The van der Waals surface area contributed by atoms with Gasteiger partial charge in [0, 0.05) is 12.0 Å². The number of nitrogens with zero attached hydrogens (tertiary/aromatic N) is 2. The summed E-state index contributed by atoms with van der Waals surface area (Å²) in [5, 5.41) is 5.15. The average molecular weight is 431 g/mol. The van der Waals surface area contributed by atoms with Gasteiger partial charge in [-0.25, -0.2) is 9.97 Å². The smallest absolute Gasteiger partial charge is 0.252 e. The molecule has 1 atom stereocenters. The van der Waals surface area contributed by atoms with Crippen LogP contribution in [0.3, 0.4) is 0 Å². The van der Waals surface area contributed by atoms with Gasteiger partial charge in [0.2, 0.25) is 0 Å². The van der Waals surface area contributed by atoms with Gasteiger partial charge < -0.3 is 15.3 Å². The van der Waals surface area contributed by atoms with E-state index >= 15 is 0 Å². The number of carbonyl (C=O) groups excluding carboxylic acids is 1. The minimum absolute atomic E-state index is 0.145. The van der Waals surface area contributed by atoms with Crippen molar-refractivity contribution < 1.29 is 4.79 Å². The summed E-state index contributed by atoms with van der Waals surface area (Å²) in [4.78, 5) is 29.7. The van der Waals surface area contributed by atoms with Gasteiger partial charge in [-0.2, -0.15) is 0 Å². The van der Waals surface area contributed by atoms with E-state index in [4.69, 9.17) is 9.97 Å². The van der Waals surface area contributed by atoms with Gasteiger partial charge in [-0.1, -0.05) is 60.7 Å². The van der Waals surface area contributed by atoms with Gasteiger partial charge in [0.25, 0.3) is 5.91 Å². The van der Waals surface area contributed by atoms with Crippen molar-refractivity contribution in [1.29, 1.82) is 0 Å². The molecule has 2 aromatic heterocycles. The van der Waals surface area contributed by atoms with E-state index < -0.39 is 0 Å². The second-order valence-corrected chi connectivity index (χ2v) is 8.10. The van der Waals surface area contributed by atoms with Crippen molar-refractivity contribution >= 4 is 38.7 Å². The molecule has 0 fully saturated rings. The van der Waals surface area contributed by atoms with Gasteiger partial charge in [-0.3, -0.25) is 4.79 Å². The lowest BCUT2D eigenvalue weighted by atomic mass is 10.0. The number of imidazole rings is 2. The molecule has 33 heavy (non-hydrogen) atoms. The van der Waals surface area contributed by atoms with Crippen LogP contribution in [-0.4, -0.2) is 25.8 Å². The number of hydrogen-bond acceptors (Lipinski definition) is 3. The number of amides is 1. The Labute approximate surface area is 189 Å². The number of para-hydroxylation sites is 4. The van der Waals surface area contributed by atoms with Crippen LogP contribution in [0.1, 0.15) is 28.0 Å². The highest BCUT2D eigenvalue weighted by molar-refractivity contribution is 6.07. The lowest BCUT2D eigenvalue weighted by molar-refractivity contribution is 0.0936. The molecule has 0 radical (unpaired) electrons. The van der Waals surface area contributed by atoms with E-state index in [0.717, 1.165) is 38.7 Å². The molecule has 0 saturated carbocycles. The Morgan fingerprint density at radius 1 is 0.758 bits per heavy atom. The van der Waals surface area contributed by atoms with E-state index in [9.17, 15) is 4.79 Å². The summed E-state index contributed by atoms with van der Waals surface area (Å²) in [6.07, 6.45) is 0.477. The fraction of sp³-hybridized carbons (Fsp3) is 0.0741. The maximum Gasteiger partial charge on any atom is 0.252 e. The van der Waals surface area contributed by atoms with E-state index in [-0.39, 0.29) is 11.9 Å². The van der Waals surface area contributed by atoms with Gasteiger partial charge in [0.05, 0.1) is 28.1 Å². The number of hydrogen-bond donors (Lipinski definition) is 3. The maximum atomic E-state index is 13.4. The monoisotopic (exact) mass is 431 g/mol. The van der Waals surface area contributed by atoms with Crippen LogP contribution in [0.4, 0.5) is 0 Å². The van der Waals surface area contributed by atoms with Crippen LogP contribution >= 0.6 is 0 Å². The molecule has 6 rings (SSSR count). The zero-order valence-electron chi connectivity index (χ0n) is 17.7. The topological polar surface area (TPSA) is 86.5 Å². The van der Waals surface area contributed by atoms with Crippen molar-refractivity contribution in [3.63, 3.8) is 0 Å². The van der Waals surface area contributed by atoms with Gasteiger partial charge >= 0.3 is 0 Å². The summed E-state index contributed by atoms with van der Waals surface area (Å²) < 4.78 is 0. The molecule has 6 nitrogen and oxygen atoms in total. The van der Waals surface area contributed by atoms with E-state index in [1.807, 2.05) is 91.0 Å². The highest BCUT2D eigenvalue weighted by Gasteiger charge is 2.22. The molecule has 6 heteroatoms. The lowest BCUT2D eigenvalue weighted by Crippen LogP contribution is -2.31. The summed E-state index contributed by atoms with van der Waals surface area (Å²) in [7, 11) is 0. The SMILES string of the molecule is O=C(NC(Cc1nc2ccccc2[nH]1)c1nc2ccccc2[nH]1)c1cccc2ccccc12. The van der Waals surface area contributed by atoms with Gasteiger partial charge in [0.15, 0.2) is 0 Å². The van der Waals surface area contributed by atoms with Gasteiger partial charge in [-0.05, 0) is 41.1 Å². The van der Waals surface area contributed by atoms with Crippen LogP contribution in [0, 0.1) is 0 Å². The standard InChI is InChI=1S/C27H21N5O/c33-27(19-11-7-9-17-8-1-2-10-18(17)19)32-24(26-30-22-14-5-6-15-23(22)31-26)16-25-28-20-12-3-4-13-21(20)29-25/h1-15,24H,16H2,(H,28,29)(H,30,31)(H,32,33). The molecule has 4 aromatic carbocycles. The first-order chi connectivity index (χ1) is 16.2. The van der Waals surface area contributed by atoms with Gasteiger partial charge in [-0.15, -0.1) is 0 Å². The van der Waals surface area contributed by atoms with Crippen molar-refractivity contribution in [3.8, 4) is 0 Å². The van der Waals surface area contributed by atoms with Crippen LogP contribution in [0.25, 0.3) is 32.8 Å². The van der Waals surface area contributed by atoms with E-state index in [1.165, 1.54) is 0 Å². The molecule has 0 bridgehead atoms. The van der Waals surface area contributed by atoms with Crippen LogP contribution in [-0.2, 0) is 6.42 Å². The van der Waals surface area contributed by atoms with E-state index in [1.54, 1.807) is 0 Å². The summed E-state index contributed by atoms with van der Waals surface area (Å²) in [6.45, 7) is 0. The Morgan fingerprint density at radius 2 is 1.42 bits per heavy atom. The number of aromatic amines is 2. The average Bonchev–Trinajstić information content (AvgIpc) is 3.47. The van der Waals surface area contributed by atoms with Crippen molar-refractivity contribution in [2.45, 2.75) is 12.5 Å². The Balaban J connectivity index is 1.39. The Bertz CT molecular complexity index is 1540. The number of nitrogens with one attached hydrogen (secondary N) is 3. The number of fused-ring (bicyclic) bond motifs is 3. The molecule has 1 unspecified atom stereocenters. The first-order valence-electron chi connectivity index (χ1n) is 10.9. The summed E-state index contributed by atoms with van der Waals surface area (Å²) in [6, 6.07) is 29.1. The second kappa shape index (κ2) is 7.91. The Kier molecular flexibility index (Phi) is 4.61. The van der Waals surface area contributed by atoms with Crippen molar-refractivity contribution in [1.82, 2.24) is 25.3 Å². The molecule has 160 valence electrons. The molecule has 6 aromatic rings. The molecule has 0 aliphatic rings. The zero-order valence-corrected chi connectivity index (χ0v) is 17.7. The highest BCUT2D eigenvalue weighted by atomic mass is 16.1. The number of carbonyl (C=O) groups is 1. The van der Waals surface area contributed by atoms with Gasteiger partial charge in [0.1, 0.15) is 11.6 Å². The van der Waals surface area contributed by atoms with Crippen molar-refractivity contribution in [2.75, 3.05) is 0 Å². The van der Waals surface area contributed by atoms with E-state index in [0.29, 0.717) is 17.8 Å². The number of aromatic nitrogens is 4.